The third-order valence-corrected chi connectivity index (χ3v) is 3.34. The molecule has 2 atom stereocenters. The first kappa shape index (κ1) is 16.5. The first-order valence-corrected chi connectivity index (χ1v) is 6.79. The average molecular weight is 321 g/mol. The quantitative estimate of drug-likeness (QED) is 0.841. The summed E-state index contributed by atoms with van der Waals surface area (Å²) >= 11 is 0. The second-order valence-electron chi connectivity index (χ2n) is 4.84. The fraction of sp³-hybridized carbons (Fsp3) is 0.267. The number of carbonyl (C=O) groups excluding carboxylic acids is 1. The van der Waals surface area contributed by atoms with Crippen LogP contribution < -0.4 is 10.1 Å². The summed E-state index contributed by atoms with van der Waals surface area (Å²) in [6, 6.07) is 3.30. The molecule has 1 aromatic heterocycles. The van der Waals surface area contributed by atoms with Crippen LogP contribution in [-0.4, -0.2) is 33.9 Å². The van der Waals surface area contributed by atoms with Crippen molar-refractivity contribution in [1.29, 1.82) is 0 Å². The number of aliphatic carboxylic acids is 1. The summed E-state index contributed by atoms with van der Waals surface area (Å²) in [6.07, 6.45) is 3.10. The number of nitrogens with one attached hydrogen (secondary N) is 1. The predicted molar refractivity (Wildman–Crippen MR) is 78.4 cm³/mol. The molecule has 0 bridgehead atoms. The maximum absolute atomic E-state index is 13.7. The summed E-state index contributed by atoms with van der Waals surface area (Å²) in [4.78, 5) is 23.6. The molecule has 7 nitrogen and oxygen atoms in total. The molecular formula is C15H16FN3O4. The van der Waals surface area contributed by atoms with E-state index in [4.69, 9.17) is 4.74 Å². The highest BCUT2D eigenvalue weighted by atomic mass is 19.1. The van der Waals surface area contributed by atoms with Crippen molar-refractivity contribution in [3.05, 3.63) is 48.0 Å². The Morgan fingerprint density at radius 3 is 2.70 bits per heavy atom. The second kappa shape index (κ2) is 6.91. The monoisotopic (exact) mass is 321 g/mol. The molecule has 0 radical (unpaired) electrons. The lowest BCUT2D eigenvalue weighted by molar-refractivity contribution is -0.142. The van der Waals surface area contributed by atoms with Crippen molar-refractivity contribution >= 4 is 11.9 Å². The lowest BCUT2D eigenvalue weighted by Crippen LogP contribution is -2.38. The van der Waals surface area contributed by atoms with E-state index in [0.717, 1.165) is 6.07 Å². The normalized spacial score (nSPS) is 13.2. The van der Waals surface area contributed by atoms with Crippen LogP contribution in [0.4, 0.5) is 4.39 Å². The van der Waals surface area contributed by atoms with Gasteiger partial charge in [0, 0.05) is 12.4 Å². The third-order valence-electron chi connectivity index (χ3n) is 3.34. The van der Waals surface area contributed by atoms with Crippen LogP contribution in [0.2, 0.25) is 0 Å². The minimum atomic E-state index is -1.37. The summed E-state index contributed by atoms with van der Waals surface area (Å²) in [5.74, 6) is -2.55. The van der Waals surface area contributed by atoms with Crippen LogP contribution in [0.25, 0.3) is 0 Å². The molecular weight excluding hydrogens is 305 g/mol. The predicted octanol–water partition coefficient (Wildman–Crippen LogP) is 1.53. The van der Waals surface area contributed by atoms with Gasteiger partial charge in [0.25, 0.3) is 0 Å². The molecule has 2 aromatic rings. The highest BCUT2D eigenvalue weighted by Crippen LogP contribution is 2.22. The van der Waals surface area contributed by atoms with Gasteiger partial charge in [-0.15, -0.1) is 0 Å². The Bertz CT molecular complexity index is 703. The molecule has 1 heterocycles. The summed E-state index contributed by atoms with van der Waals surface area (Å²) < 4.78 is 19.9. The number of nitrogens with zero attached hydrogens (tertiary/aromatic N) is 2. The highest BCUT2D eigenvalue weighted by Gasteiger charge is 2.26. The van der Waals surface area contributed by atoms with Crippen molar-refractivity contribution in [1.82, 2.24) is 15.1 Å². The van der Waals surface area contributed by atoms with Crippen molar-refractivity contribution in [2.45, 2.75) is 19.0 Å². The summed E-state index contributed by atoms with van der Waals surface area (Å²) in [6.45, 7) is 1.58. The standard InChI is InChI=1S/C15H16FN3O4/c1-9(19-7-3-6-17-19)14(20)18-13(15(21)22)10-4-5-12(23-2)11(16)8-10/h3-9,13H,1-2H3,(H,18,20)(H,21,22). The molecule has 0 aliphatic heterocycles. The molecule has 0 fully saturated rings. The van der Waals surface area contributed by atoms with Gasteiger partial charge in [-0.2, -0.15) is 5.10 Å². The minimum Gasteiger partial charge on any atom is -0.494 e. The molecule has 23 heavy (non-hydrogen) atoms. The van der Waals surface area contributed by atoms with Gasteiger partial charge < -0.3 is 15.2 Å². The van der Waals surface area contributed by atoms with Gasteiger partial charge in [-0.3, -0.25) is 9.48 Å². The van der Waals surface area contributed by atoms with E-state index < -0.39 is 29.8 Å². The molecule has 0 saturated carbocycles. The van der Waals surface area contributed by atoms with Crippen molar-refractivity contribution in [3.8, 4) is 5.75 Å². The van der Waals surface area contributed by atoms with Crippen LogP contribution in [0.3, 0.4) is 0 Å². The summed E-state index contributed by atoms with van der Waals surface area (Å²) in [5.41, 5.74) is 0.108. The number of methoxy groups -OCH3 is 1. The van der Waals surface area contributed by atoms with Gasteiger partial charge in [0.15, 0.2) is 17.6 Å². The third kappa shape index (κ3) is 3.65. The first-order valence-electron chi connectivity index (χ1n) is 6.79. The Morgan fingerprint density at radius 2 is 2.17 bits per heavy atom. The van der Waals surface area contributed by atoms with Crippen molar-refractivity contribution < 1.29 is 23.8 Å². The number of benzene rings is 1. The molecule has 122 valence electrons. The van der Waals surface area contributed by atoms with Gasteiger partial charge in [-0.1, -0.05) is 6.07 Å². The lowest BCUT2D eigenvalue weighted by Gasteiger charge is -2.19. The van der Waals surface area contributed by atoms with Gasteiger partial charge in [0.05, 0.1) is 7.11 Å². The van der Waals surface area contributed by atoms with E-state index in [1.54, 1.807) is 19.2 Å². The van der Waals surface area contributed by atoms with Crippen molar-refractivity contribution in [2.75, 3.05) is 7.11 Å². The van der Waals surface area contributed by atoms with Gasteiger partial charge in [0.2, 0.25) is 5.91 Å². The number of halogens is 1. The van der Waals surface area contributed by atoms with Crippen LogP contribution in [0, 0.1) is 5.82 Å². The molecule has 0 aliphatic carbocycles. The number of aromatic nitrogens is 2. The maximum atomic E-state index is 13.7. The van der Waals surface area contributed by atoms with E-state index in [0.29, 0.717) is 0 Å². The molecule has 1 amide bonds. The SMILES string of the molecule is COc1ccc(C(NC(=O)C(C)n2cccn2)C(=O)O)cc1F. The first-order chi connectivity index (χ1) is 10.9. The molecule has 2 unspecified atom stereocenters. The molecule has 8 heteroatoms. The van der Waals surface area contributed by atoms with Crippen LogP contribution in [-0.2, 0) is 9.59 Å². The number of ether oxygens (including phenoxy) is 1. The molecule has 2 N–H and O–H groups in total. The number of rotatable bonds is 6. The Morgan fingerprint density at radius 1 is 1.43 bits per heavy atom. The topological polar surface area (TPSA) is 93.5 Å². The summed E-state index contributed by atoms with van der Waals surface area (Å²) in [5, 5.41) is 15.6. The van der Waals surface area contributed by atoms with Gasteiger partial charge in [-0.25, -0.2) is 9.18 Å². The van der Waals surface area contributed by atoms with E-state index in [1.807, 2.05) is 0 Å². The molecule has 1 aromatic carbocycles. The van der Waals surface area contributed by atoms with Crippen LogP contribution in [0.1, 0.15) is 24.6 Å². The minimum absolute atomic E-state index is 0.00544. The van der Waals surface area contributed by atoms with Gasteiger partial charge in [-0.05, 0) is 30.7 Å². The van der Waals surface area contributed by atoms with Crippen LogP contribution in [0.5, 0.6) is 5.75 Å². The number of amides is 1. The Balaban J connectivity index is 2.20. The van der Waals surface area contributed by atoms with Crippen LogP contribution in [0.15, 0.2) is 36.7 Å². The van der Waals surface area contributed by atoms with Gasteiger partial charge in [0.1, 0.15) is 6.04 Å². The fourth-order valence-electron chi connectivity index (χ4n) is 2.04. The number of carboxylic acids is 1. The number of hydrogen-bond donors (Lipinski definition) is 2. The lowest BCUT2D eigenvalue weighted by atomic mass is 10.1. The fourth-order valence-corrected chi connectivity index (χ4v) is 2.04. The average Bonchev–Trinajstić information content (AvgIpc) is 3.05. The van der Waals surface area contributed by atoms with Crippen molar-refractivity contribution in [3.63, 3.8) is 0 Å². The van der Waals surface area contributed by atoms with E-state index in [2.05, 4.69) is 10.4 Å². The Hall–Kier alpha value is -2.90. The van der Waals surface area contributed by atoms with E-state index in [9.17, 15) is 19.1 Å². The Kier molecular flexibility index (Phi) is 4.95. The summed E-state index contributed by atoms with van der Waals surface area (Å²) in [7, 11) is 1.31. The largest absolute Gasteiger partial charge is 0.494 e. The van der Waals surface area contributed by atoms with E-state index in [1.165, 1.54) is 30.1 Å². The zero-order valence-corrected chi connectivity index (χ0v) is 12.6. The zero-order valence-electron chi connectivity index (χ0n) is 12.6. The molecule has 2 rings (SSSR count). The van der Waals surface area contributed by atoms with Gasteiger partial charge >= 0.3 is 5.97 Å². The number of hydrogen-bond acceptors (Lipinski definition) is 4. The van der Waals surface area contributed by atoms with E-state index in [-0.39, 0.29) is 11.3 Å². The molecule has 0 aliphatic rings. The van der Waals surface area contributed by atoms with E-state index >= 15 is 0 Å². The maximum Gasteiger partial charge on any atom is 0.330 e. The second-order valence-corrected chi connectivity index (χ2v) is 4.84. The number of carbonyl (C=O) groups is 2. The molecule has 0 saturated heterocycles. The molecule has 0 spiro atoms. The Labute approximate surface area is 131 Å². The van der Waals surface area contributed by atoms with Crippen molar-refractivity contribution in [2.24, 2.45) is 0 Å². The smallest absolute Gasteiger partial charge is 0.330 e. The zero-order chi connectivity index (χ0) is 17.0. The highest BCUT2D eigenvalue weighted by molar-refractivity contribution is 5.86. The number of carboxylic acid groups (broad SMARTS) is 1. The van der Waals surface area contributed by atoms with Crippen LogP contribution >= 0.6 is 0 Å².